The fourth-order valence-electron chi connectivity index (χ4n) is 5.53. The van der Waals surface area contributed by atoms with Gasteiger partial charge in [0, 0.05) is 25.9 Å². The Kier molecular flexibility index (Phi) is 11.3. The molecule has 0 radical (unpaired) electrons. The monoisotopic (exact) mass is 512 g/mol. The molecule has 190 valence electrons. The third kappa shape index (κ3) is 6.72. The second kappa shape index (κ2) is 13.4. The first kappa shape index (κ1) is 28.6. The van der Waals surface area contributed by atoms with Crippen molar-refractivity contribution in [2.45, 2.75) is 51.5 Å². The molecular weight excluding hydrogens is 475 g/mol. The van der Waals surface area contributed by atoms with Gasteiger partial charge in [0.25, 0.3) is 11.1 Å². The van der Waals surface area contributed by atoms with Crippen molar-refractivity contribution >= 4 is 16.6 Å². The van der Waals surface area contributed by atoms with Crippen LogP contribution in [0.2, 0.25) is 0 Å². The van der Waals surface area contributed by atoms with Gasteiger partial charge in [0.05, 0.1) is 30.3 Å². The van der Waals surface area contributed by atoms with Gasteiger partial charge in [0.1, 0.15) is 32.0 Å². The molecule has 0 unspecified atom stereocenters. The van der Waals surface area contributed by atoms with Crippen molar-refractivity contribution in [3.8, 4) is 0 Å². The van der Waals surface area contributed by atoms with E-state index in [9.17, 15) is 14.4 Å². The van der Waals surface area contributed by atoms with Crippen molar-refractivity contribution in [2.24, 2.45) is 13.0 Å². The fourth-order valence-corrected chi connectivity index (χ4v) is 5.53. The third-order valence-corrected chi connectivity index (χ3v) is 7.63. The largest absolute Gasteiger partial charge is 1.00 e. The lowest BCUT2D eigenvalue weighted by Gasteiger charge is -2.30. The Balaban J connectivity index is 0.00000204. The van der Waals surface area contributed by atoms with Crippen molar-refractivity contribution in [1.82, 2.24) is 9.36 Å². The number of rotatable bonds is 8. The molecule has 1 aliphatic carbocycles. The number of nitrogens with one attached hydrogen (secondary N) is 2. The lowest BCUT2D eigenvalue weighted by Crippen LogP contribution is -3.28. The summed E-state index contributed by atoms with van der Waals surface area (Å²) in [5.41, 5.74) is -0.206. The van der Waals surface area contributed by atoms with Gasteiger partial charge in [-0.1, -0.05) is 31.4 Å². The van der Waals surface area contributed by atoms with Gasteiger partial charge < -0.3 is 34.6 Å². The standard InChI is InChI=1S/C25H36N4O3.2ClH/c1-26-24(31)21-10-5-6-11-22(21)25(32)29(26)14-7-13-27-16-18-28(19-17-27)15-12-23(30)20-8-3-2-4-9-20;;/h5-6,10-11,20H,2-4,7-9,12-19H2,1H3;2*1H. The SMILES string of the molecule is Cn1c(=O)c2ccccc2c(=O)n1CCC[NH+]1CC[NH+](CCC(=O)C2CCCCC2)CC1.[Cl-].[Cl-]. The van der Waals surface area contributed by atoms with E-state index in [0.29, 0.717) is 29.0 Å². The zero-order valence-electron chi connectivity index (χ0n) is 20.2. The van der Waals surface area contributed by atoms with Crippen LogP contribution >= 0.6 is 0 Å². The molecular formula is C25H38Cl2N4O3. The Morgan fingerprint density at radius 3 is 2.06 bits per heavy atom. The molecule has 2 aromatic rings. The van der Waals surface area contributed by atoms with Crippen molar-refractivity contribution < 1.29 is 39.4 Å². The van der Waals surface area contributed by atoms with Crippen LogP contribution in [-0.4, -0.2) is 54.4 Å². The maximum atomic E-state index is 12.8. The summed E-state index contributed by atoms with van der Waals surface area (Å²) in [5, 5.41) is 0.992. The number of quaternary nitrogens is 2. The average Bonchev–Trinajstić information content (AvgIpc) is 2.84. The molecule has 1 aliphatic heterocycles. The van der Waals surface area contributed by atoms with E-state index in [-0.39, 0.29) is 35.9 Å². The maximum Gasteiger partial charge on any atom is 0.273 e. The number of Topliss-reactive ketones (excluding diaryl/α,β-unsaturated/α-hetero) is 1. The molecule has 4 rings (SSSR count). The van der Waals surface area contributed by atoms with E-state index in [0.717, 1.165) is 65.0 Å². The Morgan fingerprint density at radius 1 is 0.882 bits per heavy atom. The first-order chi connectivity index (χ1) is 15.5. The van der Waals surface area contributed by atoms with E-state index in [1.54, 1.807) is 39.7 Å². The van der Waals surface area contributed by atoms with Gasteiger partial charge in [-0.3, -0.25) is 19.1 Å². The van der Waals surface area contributed by atoms with Crippen LogP contribution in [0.1, 0.15) is 44.9 Å². The second-order valence-electron chi connectivity index (χ2n) is 9.71. The molecule has 0 atom stereocenters. The number of benzene rings is 1. The topological polar surface area (TPSA) is 69.9 Å². The molecule has 7 nitrogen and oxygen atoms in total. The Hall–Kier alpha value is -1.67. The predicted molar refractivity (Wildman–Crippen MR) is 125 cm³/mol. The van der Waals surface area contributed by atoms with Crippen molar-refractivity contribution in [2.75, 3.05) is 39.3 Å². The van der Waals surface area contributed by atoms with E-state index >= 15 is 0 Å². The van der Waals surface area contributed by atoms with Gasteiger partial charge in [-0.15, -0.1) is 0 Å². The Bertz CT molecular complexity index is 1050. The molecule has 2 fully saturated rings. The smallest absolute Gasteiger partial charge is 0.273 e. The van der Waals surface area contributed by atoms with E-state index in [1.807, 2.05) is 6.07 Å². The minimum atomic E-state index is -0.118. The van der Waals surface area contributed by atoms with Crippen LogP contribution < -0.4 is 45.7 Å². The molecule has 0 bridgehead atoms. The van der Waals surface area contributed by atoms with Gasteiger partial charge in [0.2, 0.25) is 0 Å². The number of aromatic nitrogens is 2. The highest BCUT2D eigenvalue weighted by Crippen LogP contribution is 2.24. The third-order valence-electron chi connectivity index (χ3n) is 7.63. The molecule has 2 aliphatic rings. The van der Waals surface area contributed by atoms with Gasteiger partial charge in [-0.25, -0.2) is 4.68 Å². The highest BCUT2D eigenvalue weighted by Gasteiger charge is 2.26. The van der Waals surface area contributed by atoms with E-state index in [2.05, 4.69) is 0 Å². The number of piperazine rings is 1. The highest BCUT2D eigenvalue weighted by atomic mass is 35.5. The highest BCUT2D eigenvalue weighted by molar-refractivity contribution is 5.81. The van der Waals surface area contributed by atoms with Gasteiger partial charge >= 0.3 is 0 Å². The summed E-state index contributed by atoms with van der Waals surface area (Å²) in [7, 11) is 1.68. The minimum absolute atomic E-state index is 0. The molecule has 9 heteroatoms. The zero-order chi connectivity index (χ0) is 22.5. The van der Waals surface area contributed by atoms with Crippen LogP contribution in [0.4, 0.5) is 0 Å². The first-order valence-electron chi connectivity index (χ1n) is 12.4. The number of ketones is 1. The molecule has 1 aromatic carbocycles. The van der Waals surface area contributed by atoms with Crippen molar-refractivity contribution in [3.05, 3.63) is 45.0 Å². The molecule has 2 heterocycles. The van der Waals surface area contributed by atoms with Crippen LogP contribution in [0.3, 0.4) is 0 Å². The maximum absolute atomic E-state index is 12.8. The van der Waals surface area contributed by atoms with Crippen molar-refractivity contribution in [1.29, 1.82) is 0 Å². The van der Waals surface area contributed by atoms with Gasteiger partial charge in [-0.05, 0) is 25.0 Å². The number of fused-ring (bicyclic) bond motifs is 1. The molecule has 2 N–H and O–H groups in total. The van der Waals surface area contributed by atoms with Crippen LogP contribution in [0.5, 0.6) is 0 Å². The summed E-state index contributed by atoms with van der Waals surface area (Å²) < 4.78 is 3.05. The number of halogens is 2. The second-order valence-corrected chi connectivity index (χ2v) is 9.71. The molecule has 1 saturated heterocycles. The number of carbonyl (C=O) groups is 1. The Morgan fingerprint density at radius 2 is 1.44 bits per heavy atom. The number of hydrogen-bond donors (Lipinski definition) is 2. The van der Waals surface area contributed by atoms with E-state index in [1.165, 1.54) is 23.9 Å². The van der Waals surface area contributed by atoms with Gasteiger partial charge in [0.15, 0.2) is 0 Å². The molecule has 0 spiro atoms. The lowest BCUT2D eigenvalue weighted by molar-refractivity contribution is -1.01. The molecule has 1 saturated carbocycles. The van der Waals surface area contributed by atoms with Crippen LogP contribution in [0.25, 0.3) is 10.8 Å². The summed E-state index contributed by atoms with van der Waals surface area (Å²) >= 11 is 0. The van der Waals surface area contributed by atoms with Crippen molar-refractivity contribution in [3.63, 3.8) is 0 Å². The molecule has 0 amide bonds. The average molecular weight is 514 g/mol. The molecule has 34 heavy (non-hydrogen) atoms. The molecule has 1 aromatic heterocycles. The first-order valence-corrected chi connectivity index (χ1v) is 12.4. The van der Waals surface area contributed by atoms with E-state index < -0.39 is 0 Å². The van der Waals surface area contributed by atoms with Gasteiger partial charge in [-0.2, -0.15) is 0 Å². The Labute approximate surface area is 213 Å². The normalized spacial score (nSPS) is 21.0. The quantitative estimate of drug-likeness (QED) is 0.369. The number of hydrogen-bond acceptors (Lipinski definition) is 3. The summed E-state index contributed by atoms with van der Waals surface area (Å²) in [5.74, 6) is 0.836. The van der Waals surface area contributed by atoms with Crippen LogP contribution in [0.15, 0.2) is 33.9 Å². The number of nitrogens with zero attached hydrogens (tertiary/aromatic N) is 2. The zero-order valence-corrected chi connectivity index (χ0v) is 21.7. The number of carbonyl (C=O) groups excluding carboxylic acids is 1. The summed E-state index contributed by atoms with van der Waals surface area (Å²) in [4.78, 5) is 41.0. The minimum Gasteiger partial charge on any atom is -1.00 e. The van der Waals surface area contributed by atoms with Crippen LogP contribution in [-0.2, 0) is 18.4 Å². The van der Waals surface area contributed by atoms with E-state index in [4.69, 9.17) is 0 Å². The predicted octanol–water partition coefficient (Wildman–Crippen LogP) is -6.58. The van der Waals surface area contributed by atoms with Crippen LogP contribution in [0, 0.1) is 5.92 Å². The summed E-state index contributed by atoms with van der Waals surface area (Å²) in [6.07, 6.45) is 7.59. The fraction of sp³-hybridized carbons (Fsp3) is 0.640. The summed E-state index contributed by atoms with van der Waals surface area (Å²) in [6.45, 7) is 6.99. The lowest BCUT2D eigenvalue weighted by atomic mass is 9.85. The summed E-state index contributed by atoms with van der Waals surface area (Å²) in [6, 6.07) is 7.06.